The summed E-state index contributed by atoms with van der Waals surface area (Å²) in [6.45, 7) is 4.32. The van der Waals surface area contributed by atoms with E-state index in [1.807, 2.05) is 31.2 Å². The van der Waals surface area contributed by atoms with Crippen molar-refractivity contribution in [3.05, 3.63) is 53.0 Å². The van der Waals surface area contributed by atoms with E-state index in [4.69, 9.17) is 9.15 Å². The Labute approximate surface area is 136 Å². The maximum Gasteiger partial charge on any atom is 0.212 e. The van der Waals surface area contributed by atoms with Crippen LogP contribution in [0.25, 0.3) is 0 Å². The summed E-state index contributed by atoms with van der Waals surface area (Å²) in [7, 11) is -3.37. The van der Waals surface area contributed by atoms with E-state index in [2.05, 4.69) is 4.72 Å². The molecule has 2 aromatic rings. The zero-order chi connectivity index (χ0) is 16.4. The van der Waals surface area contributed by atoms with Crippen molar-refractivity contribution in [2.24, 2.45) is 0 Å². The molecule has 0 bridgehead atoms. The van der Waals surface area contributed by atoms with Gasteiger partial charge in [-0.3, -0.25) is 0 Å². The fraction of sp³-hybridized carbons (Fsp3) is 0.412. The van der Waals surface area contributed by atoms with Gasteiger partial charge >= 0.3 is 0 Å². The van der Waals surface area contributed by atoms with Gasteiger partial charge in [0.1, 0.15) is 17.3 Å². The van der Waals surface area contributed by atoms with Gasteiger partial charge in [0.2, 0.25) is 10.0 Å². The van der Waals surface area contributed by atoms with Crippen molar-refractivity contribution in [3.8, 4) is 5.75 Å². The van der Waals surface area contributed by atoms with Crippen molar-refractivity contribution < 1.29 is 17.6 Å². The number of fused-ring (bicyclic) bond motifs is 1. The Bertz CT molecular complexity index is 795. The third-order valence-corrected chi connectivity index (χ3v) is 5.41. The fourth-order valence-corrected chi connectivity index (χ4v) is 4.00. The summed E-state index contributed by atoms with van der Waals surface area (Å²) < 4.78 is 38.1. The number of benzene rings is 1. The lowest BCUT2D eigenvalue weighted by Crippen LogP contribution is -2.29. The summed E-state index contributed by atoms with van der Waals surface area (Å²) in [5, 5.41) is 0. The van der Waals surface area contributed by atoms with E-state index in [9.17, 15) is 8.42 Å². The lowest BCUT2D eigenvalue weighted by Gasteiger charge is -2.12. The van der Waals surface area contributed by atoms with E-state index < -0.39 is 10.0 Å². The standard InChI is InChI=1S/C17H21NO4S/c1-12-3-5-16(22-12)13(2)18-23(19,20)10-8-14-4-6-17-15(11-14)7-9-21-17/h3-6,11,13,18H,7-10H2,1-2H3/t13-/m1/s1. The molecule has 0 unspecified atom stereocenters. The normalized spacial score (nSPS) is 15.2. The molecule has 124 valence electrons. The predicted octanol–water partition coefficient (Wildman–Crippen LogP) is 2.75. The van der Waals surface area contributed by atoms with E-state index >= 15 is 0 Å². The average Bonchev–Trinajstić information content (AvgIpc) is 3.12. The Morgan fingerprint density at radius 1 is 1.26 bits per heavy atom. The minimum Gasteiger partial charge on any atom is -0.493 e. The minimum atomic E-state index is -3.37. The monoisotopic (exact) mass is 335 g/mol. The Morgan fingerprint density at radius 3 is 2.83 bits per heavy atom. The zero-order valence-corrected chi connectivity index (χ0v) is 14.2. The van der Waals surface area contributed by atoms with Crippen LogP contribution < -0.4 is 9.46 Å². The van der Waals surface area contributed by atoms with E-state index in [-0.39, 0.29) is 11.8 Å². The van der Waals surface area contributed by atoms with Crippen LogP contribution in [0, 0.1) is 6.92 Å². The molecular formula is C17H21NO4S. The number of hydrogen-bond donors (Lipinski definition) is 1. The van der Waals surface area contributed by atoms with Crippen LogP contribution in [0.3, 0.4) is 0 Å². The highest BCUT2D eigenvalue weighted by Crippen LogP contribution is 2.26. The predicted molar refractivity (Wildman–Crippen MR) is 88.1 cm³/mol. The Morgan fingerprint density at radius 2 is 2.09 bits per heavy atom. The van der Waals surface area contributed by atoms with Crippen LogP contribution in [0.5, 0.6) is 5.75 Å². The number of hydrogen-bond acceptors (Lipinski definition) is 4. The van der Waals surface area contributed by atoms with Crippen LogP contribution >= 0.6 is 0 Å². The van der Waals surface area contributed by atoms with Gasteiger partial charge in [-0.25, -0.2) is 13.1 Å². The van der Waals surface area contributed by atoms with E-state index in [1.54, 1.807) is 13.0 Å². The van der Waals surface area contributed by atoms with Gasteiger partial charge in [-0.05, 0) is 49.6 Å². The number of ether oxygens (including phenoxy) is 1. The van der Waals surface area contributed by atoms with Crippen LogP contribution in [0.2, 0.25) is 0 Å². The SMILES string of the molecule is Cc1ccc([C@@H](C)NS(=O)(=O)CCc2ccc3c(c2)CCO3)o1. The number of sulfonamides is 1. The second-order valence-electron chi connectivity index (χ2n) is 5.90. The molecule has 3 rings (SSSR count). The number of furan rings is 1. The molecule has 2 heterocycles. The fourth-order valence-electron chi connectivity index (χ4n) is 2.72. The van der Waals surface area contributed by atoms with Gasteiger partial charge < -0.3 is 9.15 Å². The van der Waals surface area contributed by atoms with Gasteiger partial charge in [0.15, 0.2) is 0 Å². The summed E-state index contributed by atoms with van der Waals surface area (Å²) in [4.78, 5) is 0. The molecule has 1 aliphatic heterocycles. The second-order valence-corrected chi connectivity index (χ2v) is 7.77. The molecule has 23 heavy (non-hydrogen) atoms. The van der Waals surface area contributed by atoms with Crippen LogP contribution in [-0.2, 0) is 22.9 Å². The van der Waals surface area contributed by atoms with Crippen molar-refractivity contribution in [1.29, 1.82) is 0 Å². The molecule has 0 radical (unpaired) electrons. The summed E-state index contributed by atoms with van der Waals surface area (Å²) >= 11 is 0. The lowest BCUT2D eigenvalue weighted by molar-refractivity contribution is 0.357. The maximum atomic E-state index is 12.3. The summed E-state index contributed by atoms with van der Waals surface area (Å²) in [6, 6.07) is 9.14. The summed E-state index contributed by atoms with van der Waals surface area (Å²) in [5.74, 6) is 2.36. The van der Waals surface area contributed by atoms with Gasteiger partial charge in [-0.15, -0.1) is 0 Å². The number of nitrogens with one attached hydrogen (secondary N) is 1. The smallest absolute Gasteiger partial charge is 0.212 e. The number of rotatable bonds is 6. The van der Waals surface area contributed by atoms with Crippen molar-refractivity contribution in [2.45, 2.75) is 32.7 Å². The molecule has 1 N–H and O–H groups in total. The molecule has 1 aliphatic rings. The molecule has 0 aliphatic carbocycles. The largest absolute Gasteiger partial charge is 0.493 e. The van der Waals surface area contributed by atoms with Crippen LogP contribution in [0.4, 0.5) is 0 Å². The molecule has 1 aromatic carbocycles. The molecule has 6 heteroatoms. The molecule has 0 fully saturated rings. The number of aryl methyl sites for hydroxylation is 2. The summed E-state index contributed by atoms with van der Waals surface area (Å²) in [6.07, 6.45) is 1.37. The molecule has 1 atom stereocenters. The third kappa shape index (κ3) is 3.95. The van der Waals surface area contributed by atoms with Crippen molar-refractivity contribution in [1.82, 2.24) is 4.72 Å². The maximum absolute atomic E-state index is 12.3. The van der Waals surface area contributed by atoms with E-state index in [1.165, 1.54) is 0 Å². The summed E-state index contributed by atoms with van der Waals surface area (Å²) in [5.41, 5.74) is 2.17. The third-order valence-electron chi connectivity index (χ3n) is 3.96. The van der Waals surface area contributed by atoms with Gasteiger partial charge in [0.05, 0.1) is 18.4 Å². The molecule has 0 amide bonds. The highest BCUT2D eigenvalue weighted by atomic mass is 32.2. The Balaban J connectivity index is 1.60. The van der Waals surface area contributed by atoms with Gasteiger partial charge in [-0.2, -0.15) is 0 Å². The molecular weight excluding hydrogens is 314 g/mol. The molecule has 0 spiro atoms. The highest BCUT2D eigenvalue weighted by Gasteiger charge is 2.19. The molecule has 0 saturated heterocycles. The zero-order valence-electron chi connectivity index (χ0n) is 13.3. The van der Waals surface area contributed by atoms with Crippen LogP contribution in [0.1, 0.15) is 35.6 Å². The van der Waals surface area contributed by atoms with Crippen LogP contribution in [-0.4, -0.2) is 20.8 Å². The van der Waals surface area contributed by atoms with Crippen molar-refractivity contribution in [2.75, 3.05) is 12.4 Å². The topological polar surface area (TPSA) is 68.5 Å². The first-order valence-electron chi connectivity index (χ1n) is 7.74. The molecule has 1 aromatic heterocycles. The molecule has 5 nitrogen and oxygen atoms in total. The highest BCUT2D eigenvalue weighted by molar-refractivity contribution is 7.89. The Hall–Kier alpha value is -1.79. The molecule has 0 saturated carbocycles. The van der Waals surface area contributed by atoms with Crippen LogP contribution in [0.15, 0.2) is 34.7 Å². The van der Waals surface area contributed by atoms with Crippen molar-refractivity contribution in [3.63, 3.8) is 0 Å². The minimum absolute atomic E-state index is 0.0523. The first kappa shape index (κ1) is 16.1. The van der Waals surface area contributed by atoms with E-state index in [0.717, 1.165) is 29.1 Å². The lowest BCUT2D eigenvalue weighted by atomic mass is 10.1. The quantitative estimate of drug-likeness (QED) is 0.881. The van der Waals surface area contributed by atoms with E-state index in [0.29, 0.717) is 18.8 Å². The first-order chi connectivity index (χ1) is 10.9. The van der Waals surface area contributed by atoms with Gasteiger partial charge in [-0.1, -0.05) is 12.1 Å². The van der Waals surface area contributed by atoms with Crippen molar-refractivity contribution >= 4 is 10.0 Å². The Kier molecular flexibility index (Phi) is 4.46. The average molecular weight is 335 g/mol. The second kappa shape index (κ2) is 6.37. The van der Waals surface area contributed by atoms with Gasteiger partial charge in [0, 0.05) is 6.42 Å². The van der Waals surface area contributed by atoms with Gasteiger partial charge in [0.25, 0.3) is 0 Å². The first-order valence-corrected chi connectivity index (χ1v) is 9.39.